The molecule has 0 aliphatic rings. The molecule has 0 aliphatic carbocycles. The maximum Gasteiger partial charge on any atom is 0.185 e. The van der Waals surface area contributed by atoms with E-state index in [1.165, 1.54) is 6.92 Å². The van der Waals surface area contributed by atoms with Crippen LogP contribution in [0.1, 0.15) is 35.3 Å². The average Bonchev–Trinajstić information content (AvgIpc) is 2.34. The molecule has 0 fully saturated rings. The first kappa shape index (κ1) is 15.7. The van der Waals surface area contributed by atoms with Crippen LogP contribution in [0, 0.1) is 25.2 Å². The summed E-state index contributed by atoms with van der Waals surface area (Å²) in [4.78, 5) is 10.9. The minimum atomic E-state index is -1.06. The highest BCUT2D eigenvalue weighted by Crippen LogP contribution is 2.27. The van der Waals surface area contributed by atoms with Gasteiger partial charge in [0.2, 0.25) is 0 Å². The third-order valence-electron chi connectivity index (χ3n) is 2.84. The Hall–Kier alpha value is -1.35. The Kier molecular flexibility index (Phi) is 5.55. The minimum absolute atomic E-state index is 0.0977. The first-order valence-corrected chi connectivity index (χ1v) is 6.86. The van der Waals surface area contributed by atoms with Gasteiger partial charge in [-0.3, -0.25) is 4.79 Å². The lowest BCUT2D eigenvalue weighted by Crippen LogP contribution is -2.23. The van der Waals surface area contributed by atoms with Crippen LogP contribution in [0.25, 0.3) is 0 Å². The first-order chi connectivity index (χ1) is 8.86. The number of carbonyl (C=O) groups is 1. The van der Waals surface area contributed by atoms with Gasteiger partial charge in [0.1, 0.15) is 6.10 Å². The van der Waals surface area contributed by atoms with Crippen molar-refractivity contribution in [2.24, 2.45) is 0 Å². The minimum Gasteiger partial charge on any atom is -0.389 e. The van der Waals surface area contributed by atoms with Gasteiger partial charge in [0, 0.05) is 12.7 Å². The Bertz CT molecular complexity index is 499. The number of aliphatic hydroxyl groups is 2. The summed E-state index contributed by atoms with van der Waals surface area (Å²) in [6.07, 6.45) is -2.07. The SMILES string of the molecule is CC(=O)SCC(O)C(O)c1c(C)cc(C#N)cc1C. The van der Waals surface area contributed by atoms with Gasteiger partial charge >= 0.3 is 0 Å². The number of thioether (sulfide) groups is 1. The molecular weight excluding hydrogens is 262 g/mol. The van der Waals surface area contributed by atoms with Crippen LogP contribution in [0.5, 0.6) is 0 Å². The van der Waals surface area contributed by atoms with Crippen LogP contribution in [0.4, 0.5) is 0 Å². The van der Waals surface area contributed by atoms with Crippen molar-refractivity contribution in [1.82, 2.24) is 0 Å². The second-order valence-electron chi connectivity index (χ2n) is 4.45. The molecule has 0 amide bonds. The number of benzene rings is 1. The largest absolute Gasteiger partial charge is 0.389 e. The van der Waals surface area contributed by atoms with Crippen LogP contribution in [0.15, 0.2) is 12.1 Å². The molecular formula is C14H17NO3S. The molecule has 0 saturated heterocycles. The van der Waals surface area contributed by atoms with E-state index in [0.29, 0.717) is 11.1 Å². The summed E-state index contributed by atoms with van der Waals surface area (Å²) >= 11 is 0.980. The van der Waals surface area contributed by atoms with Crippen molar-refractivity contribution < 1.29 is 15.0 Å². The molecule has 5 heteroatoms. The fourth-order valence-electron chi connectivity index (χ4n) is 1.99. The lowest BCUT2D eigenvalue weighted by molar-refractivity contribution is -0.109. The predicted molar refractivity (Wildman–Crippen MR) is 74.7 cm³/mol. The van der Waals surface area contributed by atoms with Gasteiger partial charge < -0.3 is 10.2 Å². The van der Waals surface area contributed by atoms with E-state index >= 15 is 0 Å². The first-order valence-electron chi connectivity index (χ1n) is 5.87. The van der Waals surface area contributed by atoms with Gasteiger partial charge in [0.25, 0.3) is 0 Å². The van der Waals surface area contributed by atoms with Crippen molar-refractivity contribution in [3.05, 3.63) is 34.4 Å². The molecule has 2 unspecified atom stereocenters. The summed E-state index contributed by atoms with van der Waals surface area (Å²) in [7, 11) is 0. The third kappa shape index (κ3) is 4.06. The van der Waals surface area contributed by atoms with E-state index in [1.54, 1.807) is 26.0 Å². The van der Waals surface area contributed by atoms with Crippen LogP contribution in [0.2, 0.25) is 0 Å². The number of aliphatic hydroxyl groups excluding tert-OH is 2. The molecule has 2 N–H and O–H groups in total. The molecule has 102 valence electrons. The number of carbonyl (C=O) groups excluding carboxylic acids is 1. The van der Waals surface area contributed by atoms with Gasteiger partial charge in [-0.2, -0.15) is 5.26 Å². The van der Waals surface area contributed by atoms with Crippen molar-refractivity contribution in [2.45, 2.75) is 33.0 Å². The van der Waals surface area contributed by atoms with Crippen molar-refractivity contribution in [3.63, 3.8) is 0 Å². The van der Waals surface area contributed by atoms with Gasteiger partial charge in [0.05, 0.1) is 17.7 Å². The van der Waals surface area contributed by atoms with Crippen LogP contribution < -0.4 is 0 Å². The molecule has 4 nitrogen and oxygen atoms in total. The summed E-state index contributed by atoms with van der Waals surface area (Å²) in [6.45, 7) is 5.00. The third-order valence-corrected chi connectivity index (χ3v) is 3.76. The van der Waals surface area contributed by atoms with Crippen molar-refractivity contribution in [1.29, 1.82) is 5.26 Å². The van der Waals surface area contributed by atoms with E-state index in [0.717, 1.165) is 22.9 Å². The van der Waals surface area contributed by atoms with Gasteiger partial charge in [-0.1, -0.05) is 11.8 Å². The number of rotatable bonds is 4. The maximum atomic E-state index is 10.9. The molecule has 0 heterocycles. The zero-order chi connectivity index (χ0) is 14.6. The Morgan fingerprint density at radius 2 is 1.89 bits per heavy atom. The van der Waals surface area contributed by atoms with Crippen molar-refractivity contribution in [2.75, 3.05) is 5.75 Å². The Balaban J connectivity index is 2.96. The fourth-order valence-corrected chi connectivity index (χ4v) is 2.58. The van der Waals surface area contributed by atoms with E-state index in [4.69, 9.17) is 5.26 Å². The van der Waals surface area contributed by atoms with E-state index in [9.17, 15) is 15.0 Å². The summed E-state index contributed by atoms with van der Waals surface area (Å²) in [6, 6.07) is 5.41. The summed E-state index contributed by atoms with van der Waals surface area (Å²) in [5.41, 5.74) is 2.67. The molecule has 0 saturated carbocycles. The monoisotopic (exact) mass is 279 g/mol. The standard InChI is InChI=1S/C14H17NO3S/c1-8-4-11(6-15)5-9(2)13(8)14(18)12(17)7-19-10(3)16/h4-5,12,14,17-18H,7H2,1-3H3. The van der Waals surface area contributed by atoms with Gasteiger partial charge in [-0.15, -0.1) is 0 Å². The lowest BCUT2D eigenvalue weighted by Gasteiger charge is -2.21. The Morgan fingerprint density at radius 1 is 1.37 bits per heavy atom. The van der Waals surface area contributed by atoms with Gasteiger partial charge in [0.15, 0.2) is 5.12 Å². The molecule has 19 heavy (non-hydrogen) atoms. The predicted octanol–water partition coefficient (Wildman–Crippen LogP) is 1.85. The quantitative estimate of drug-likeness (QED) is 0.879. The number of nitrogens with zero attached hydrogens (tertiary/aromatic N) is 1. The van der Waals surface area contributed by atoms with E-state index in [-0.39, 0.29) is 10.9 Å². The number of nitriles is 1. The molecule has 0 aliphatic heterocycles. The molecule has 0 bridgehead atoms. The van der Waals surface area contributed by atoms with Crippen molar-refractivity contribution in [3.8, 4) is 6.07 Å². The van der Waals surface area contributed by atoms with Gasteiger partial charge in [-0.05, 0) is 42.7 Å². The fraction of sp³-hybridized carbons (Fsp3) is 0.429. The van der Waals surface area contributed by atoms with Crippen LogP contribution in [-0.2, 0) is 4.79 Å². The molecule has 0 aromatic heterocycles. The Labute approximate surface area is 117 Å². The van der Waals surface area contributed by atoms with Crippen molar-refractivity contribution >= 4 is 16.9 Å². The zero-order valence-electron chi connectivity index (χ0n) is 11.2. The number of hydrogen-bond donors (Lipinski definition) is 2. The molecule has 1 aromatic rings. The number of hydrogen-bond acceptors (Lipinski definition) is 5. The topological polar surface area (TPSA) is 81.3 Å². The van der Waals surface area contributed by atoms with Gasteiger partial charge in [-0.25, -0.2) is 0 Å². The average molecular weight is 279 g/mol. The number of aryl methyl sites for hydroxylation is 2. The summed E-state index contributed by atoms with van der Waals surface area (Å²) in [5, 5.41) is 28.8. The van der Waals surface area contributed by atoms with E-state index < -0.39 is 12.2 Å². The molecule has 2 atom stereocenters. The second kappa shape index (κ2) is 6.71. The highest BCUT2D eigenvalue weighted by Gasteiger charge is 2.22. The smallest absolute Gasteiger partial charge is 0.185 e. The zero-order valence-corrected chi connectivity index (χ0v) is 12.0. The summed E-state index contributed by atoms with van der Waals surface area (Å²) < 4.78 is 0. The van der Waals surface area contributed by atoms with Crippen LogP contribution in [-0.4, -0.2) is 27.2 Å². The molecule has 1 aromatic carbocycles. The highest BCUT2D eigenvalue weighted by molar-refractivity contribution is 8.13. The van der Waals surface area contributed by atoms with Crippen LogP contribution in [0.3, 0.4) is 0 Å². The molecule has 0 radical (unpaired) electrons. The lowest BCUT2D eigenvalue weighted by atomic mass is 9.93. The molecule has 1 rings (SSSR count). The van der Waals surface area contributed by atoms with E-state index in [1.807, 2.05) is 0 Å². The summed E-state index contributed by atoms with van der Waals surface area (Å²) in [5.74, 6) is 0.148. The Morgan fingerprint density at radius 3 is 2.32 bits per heavy atom. The highest BCUT2D eigenvalue weighted by atomic mass is 32.2. The van der Waals surface area contributed by atoms with Crippen LogP contribution >= 0.6 is 11.8 Å². The second-order valence-corrected chi connectivity index (χ2v) is 5.65. The normalized spacial score (nSPS) is 13.7. The molecule has 0 spiro atoms. The van der Waals surface area contributed by atoms with E-state index in [2.05, 4.69) is 6.07 Å². The maximum absolute atomic E-state index is 10.9.